The monoisotopic (exact) mass is 482 g/mol. The highest BCUT2D eigenvalue weighted by atomic mass is 32.2. The standard InChI is InChI=1S/C18H18N4O10S/c1-3-4-31-18(26)20-15(24)14(16(20)33-13(23)8-19)9(2)32-17(25)10-5-11(21(27)28)7-12(6-10)22(29)30/h3,5-7,9,14,16H,1,4,8,19H2,2H3/t9-,14+,16-/m1/s1. The number of nitrogens with two attached hydrogens (primary N) is 1. The molecule has 1 aliphatic heterocycles. The number of imide groups is 1. The van der Waals surface area contributed by atoms with E-state index in [1.54, 1.807) is 0 Å². The van der Waals surface area contributed by atoms with Gasteiger partial charge in [-0.15, -0.1) is 0 Å². The molecule has 2 amide bonds. The smallest absolute Gasteiger partial charge is 0.417 e. The number of amides is 2. The van der Waals surface area contributed by atoms with Crippen molar-refractivity contribution in [1.82, 2.24) is 4.90 Å². The molecule has 0 unspecified atom stereocenters. The first-order chi connectivity index (χ1) is 15.5. The van der Waals surface area contributed by atoms with Crippen molar-refractivity contribution in [3.05, 3.63) is 56.6 Å². The molecule has 1 aromatic carbocycles. The largest absolute Gasteiger partial charge is 0.458 e. The van der Waals surface area contributed by atoms with E-state index in [-0.39, 0.29) is 13.2 Å². The molecule has 0 bridgehead atoms. The summed E-state index contributed by atoms with van der Waals surface area (Å²) in [6.45, 7) is 4.11. The Morgan fingerprint density at radius 1 is 1.24 bits per heavy atom. The normalized spacial score (nSPS) is 18.0. The van der Waals surface area contributed by atoms with Gasteiger partial charge in [-0.3, -0.25) is 29.8 Å². The third kappa shape index (κ3) is 5.69. The molecule has 1 saturated heterocycles. The Bertz CT molecular complexity index is 997. The van der Waals surface area contributed by atoms with Gasteiger partial charge in [-0.25, -0.2) is 14.5 Å². The summed E-state index contributed by atoms with van der Waals surface area (Å²) < 4.78 is 10.00. The number of carbonyl (C=O) groups is 4. The molecule has 1 heterocycles. The van der Waals surface area contributed by atoms with Crippen LogP contribution < -0.4 is 5.73 Å². The Kier molecular flexibility index (Phi) is 8.20. The first-order valence-electron chi connectivity index (χ1n) is 9.16. The molecule has 176 valence electrons. The van der Waals surface area contributed by atoms with Gasteiger partial charge in [0.1, 0.15) is 24.0 Å². The number of nitrogens with zero attached hydrogens (tertiary/aromatic N) is 3. The number of ether oxygens (including phenoxy) is 2. The van der Waals surface area contributed by atoms with Gasteiger partial charge in [-0.1, -0.05) is 24.4 Å². The number of nitro benzene ring substituents is 2. The number of rotatable bonds is 9. The van der Waals surface area contributed by atoms with Crippen LogP contribution in [0.25, 0.3) is 0 Å². The van der Waals surface area contributed by atoms with Crippen LogP contribution in [0.15, 0.2) is 30.9 Å². The molecule has 0 saturated carbocycles. The maximum Gasteiger partial charge on any atom is 0.417 e. The first kappa shape index (κ1) is 25.4. The van der Waals surface area contributed by atoms with Crippen LogP contribution in [0.2, 0.25) is 0 Å². The van der Waals surface area contributed by atoms with Crippen molar-refractivity contribution < 1.29 is 38.5 Å². The molecule has 0 spiro atoms. The lowest BCUT2D eigenvalue weighted by atomic mass is 9.93. The van der Waals surface area contributed by atoms with E-state index in [9.17, 15) is 39.4 Å². The number of nitro groups is 2. The van der Waals surface area contributed by atoms with E-state index in [0.717, 1.165) is 12.1 Å². The highest BCUT2D eigenvalue weighted by molar-refractivity contribution is 8.14. The molecule has 2 N–H and O–H groups in total. The number of esters is 1. The minimum absolute atomic E-state index is 0.189. The zero-order valence-corrected chi connectivity index (χ0v) is 17.9. The highest BCUT2D eigenvalue weighted by Crippen LogP contribution is 2.39. The van der Waals surface area contributed by atoms with Crippen molar-refractivity contribution in [3.63, 3.8) is 0 Å². The predicted octanol–water partition coefficient (Wildman–Crippen LogP) is 1.37. The molecule has 1 aliphatic rings. The minimum Gasteiger partial charge on any atom is -0.458 e. The van der Waals surface area contributed by atoms with Crippen LogP contribution in [0, 0.1) is 26.1 Å². The summed E-state index contributed by atoms with van der Waals surface area (Å²) in [4.78, 5) is 69.9. The zero-order chi connectivity index (χ0) is 24.9. The van der Waals surface area contributed by atoms with Gasteiger partial charge in [0.05, 0.1) is 28.0 Å². The van der Waals surface area contributed by atoms with Gasteiger partial charge < -0.3 is 15.2 Å². The van der Waals surface area contributed by atoms with Crippen molar-refractivity contribution in [2.24, 2.45) is 11.7 Å². The molecule has 1 aromatic rings. The summed E-state index contributed by atoms with van der Waals surface area (Å²) in [6.07, 6.45) is -0.976. The van der Waals surface area contributed by atoms with E-state index < -0.39 is 67.3 Å². The third-order valence-electron chi connectivity index (χ3n) is 4.38. The maximum atomic E-state index is 12.6. The maximum absolute atomic E-state index is 12.6. The van der Waals surface area contributed by atoms with Crippen molar-refractivity contribution in [2.45, 2.75) is 18.4 Å². The molecule has 14 nitrogen and oxygen atoms in total. The molecule has 33 heavy (non-hydrogen) atoms. The molecule has 0 aliphatic carbocycles. The Morgan fingerprint density at radius 3 is 2.30 bits per heavy atom. The minimum atomic E-state index is -1.21. The number of benzene rings is 1. The van der Waals surface area contributed by atoms with E-state index in [1.165, 1.54) is 13.0 Å². The number of hydrogen-bond donors (Lipinski definition) is 1. The van der Waals surface area contributed by atoms with Crippen molar-refractivity contribution in [2.75, 3.05) is 13.2 Å². The number of thioether (sulfide) groups is 1. The SMILES string of the molecule is C=CCOC(=O)N1C(=O)[C@H]([C@@H](C)OC(=O)c2cc([N+](=O)[O-])cc([N+](=O)[O-])c2)[C@H]1SC(=O)CN. The summed E-state index contributed by atoms with van der Waals surface area (Å²) in [5.74, 6) is -3.13. The third-order valence-corrected chi connectivity index (χ3v) is 5.56. The average molecular weight is 482 g/mol. The Balaban J connectivity index is 2.25. The van der Waals surface area contributed by atoms with Gasteiger partial charge in [0, 0.05) is 12.1 Å². The number of non-ortho nitro benzene ring substituents is 2. The topological polar surface area (TPSA) is 202 Å². The zero-order valence-electron chi connectivity index (χ0n) is 17.1. The lowest BCUT2D eigenvalue weighted by Crippen LogP contribution is -2.65. The Labute approximate surface area is 190 Å². The van der Waals surface area contributed by atoms with Crippen LogP contribution in [0.1, 0.15) is 17.3 Å². The molecule has 15 heteroatoms. The molecule has 0 radical (unpaired) electrons. The number of likely N-dealkylation sites (tertiary alicyclic amines) is 1. The number of carbonyl (C=O) groups excluding carboxylic acids is 4. The van der Waals surface area contributed by atoms with Gasteiger partial charge >= 0.3 is 12.1 Å². The average Bonchev–Trinajstić information content (AvgIpc) is 2.76. The van der Waals surface area contributed by atoms with Crippen molar-refractivity contribution in [3.8, 4) is 0 Å². The number of hydrogen-bond acceptors (Lipinski definition) is 12. The second-order valence-corrected chi connectivity index (χ2v) is 7.72. The van der Waals surface area contributed by atoms with E-state index in [4.69, 9.17) is 15.2 Å². The summed E-state index contributed by atoms with van der Waals surface area (Å²) in [5.41, 5.74) is 3.39. The van der Waals surface area contributed by atoms with Crippen LogP contribution in [0.5, 0.6) is 0 Å². The fraction of sp³-hybridized carbons (Fsp3) is 0.333. The Hall–Kier alpha value is -3.85. The van der Waals surface area contributed by atoms with E-state index in [2.05, 4.69) is 6.58 Å². The molecular weight excluding hydrogens is 464 g/mol. The van der Waals surface area contributed by atoms with Crippen LogP contribution >= 0.6 is 11.8 Å². The van der Waals surface area contributed by atoms with E-state index in [0.29, 0.717) is 22.7 Å². The van der Waals surface area contributed by atoms with Crippen molar-refractivity contribution >= 4 is 46.2 Å². The molecule has 1 fully saturated rings. The summed E-state index contributed by atoms with van der Waals surface area (Å²) in [5, 5.41) is 20.4. The van der Waals surface area contributed by atoms with Gasteiger partial charge in [-0.05, 0) is 6.92 Å². The molecular formula is C18H18N4O10S. The quantitative estimate of drug-likeness (QED) is 0.174. The second-order valence-electron chi connectivity index (χ2n) is 6.55. The van der Waals surface area contributed by atoms with Crippen LogP contribution in [0.3, 0.4) is 0 Å². The summed E-state index contributed by atoms with van der Waals surface area (Å²) >= 11 is 0.577. The number of β-lactam (4-membered cyclic amide) rings is 1. The summed E-state index contributed by atoms with van der Waals surface area (Å²) in [7, 11) is 0. The molecule has 0 aromatic heterocycles. The lowest BCUT2D eigenvalue weighted by molar-refractivity contribution is -0.394. The van der Waals surface area contributed by atoms with Crippen molar-refractivity contribution in [1.29, 1.82) is 0 Å². The second kappa shape index (κ2) is 10.6. The summed E-state index contributed by atoms with van der Waals surface area (Å²) in [6, 6.07) is 2.25. The molecule has 3 atom stereocenters. The highest BCUT2D eigenvalue weighted by Gasteiger charge is 2.56. The van der Waals surface area contributed by atoms with Gasteiger partial charge in [-0.2, -0.15) is 0 Å². The Morgan fingerprint density at radius 2 is 1.82 bits per heavy atom. The van der Waals surface area contributed by atoms with Gasteiger partial charge in [0.2, 0.25) is 11.0 Å². The van der Waals surface area contributed by atoms with E-state index >= 15 is 0 Å². The van der Waals surface area contributed by atoms with Crippen LogP contribution in [-0.2, 0) is 19.1 Å². The fourth-order valence-corrected chi connectivity index (χ4v) is 4.00. The molecule has 2 rings (SSSR count). The van der Waals surface area contributed by atoms with Crippen LogP contribution in [0.4, 0.5) is 16.2 Å². The lowest BCUT2D eigenvalue weighted by Gasteiger charge is -2.45. The van der Waals surface area contributed by atoms with E-state index in [1.807, 2.05) is 0 Å². The van der Waals surface area contributed by atoms with Gasteiger partial charge in [0.25, 0.3) is 11.4 Å². The first-order valence-corrected chi connectivity index (χ1v) is 10.0. The fourth-order valence-electron chi connectivity index (χ4n) is 2.86. The van der Waals surface area contributed by atoms with Gasteiger partial charge in [0.15, 0.2) is 0 Å². The predicted molar refractivity (Wildman–Crippen MR) is 112 cm³/mol. The van der Waals surface area contributed by atoms with Crippen LogP contribution in [-0.4, -0.2) is 62.5 Å².